The van der Waals surface area contributed by atoms with Crippen LogP contribution in [0.2, 0.25) is 0 Å². The Balaban J connectivity index is 1.85. The Morgan fingerprint density at radius 3 is 2.43 bits per heavy atom. The first-order valence-electron chi connectivity index (χ1n) is 8.65. The van der Waals surface area contributed by atoms with Crippen LogP contribution in [0.25, 0.3) is 0 Å². The Bertz CT molecular complexity index is 1150. The van der Waals surface area contributed by atoms with Gasteiger partial charge in [0.25, 0.3) is 11.6 Å². The predicted molar refractivity (Wildman–Crippen MR) is 105 cm³/mol. The Labute approximate surface area is 169 Å². The molecule has 0 fully saturated rings. The highest BCUT2D eigenvalue weighted by molar-refractivity contribution is 5.96. The summed E-state index contributed by atoms with van der Waals surface area (Å²) in [7, 11) is 0. The van der Waals surface area contributed by atoms with Crippen LogP contribution in [0, 0.1) is 33.1 Å². The largest absolute Gasteiger partial charge is 0.350 e. The van der Waals surface area contributed by atoms with Gasteiger partial charge >= 0.3 is 0 Å². The second-order valence-electron chi connectivity index (χ2n) is 6.18. The van der Waals surface area contributed by atoms with Gasteiger partial charge in [-0.05, 0) is 30.3 Å². The van der Waals surface area contributed by atoms with Gasteiger partial charge in [0, 0.05) is 28.9 Å². The summed E-state index contributed by atoms with van der Waals surface area (Å²) in [4.78, 5) is 23.3. The average molecular weight is 408 g/mol. The summed E-state index contributed by atoms with van der Waals surface area (Å²) in [6.07, 6.45) is 0. The van der Waals surface area contributed by atoms with Gasteiger partial charge in [-0.3, -0.25) is 14.9 Å². The molecule has 2 N–H and O–H groups in total. The minimum absolute atomic E-state index is 0.0944. The Morgan fingerprint density at radius 1 is 1.07 bits per heavy atom. The number of para-hydroxylation sites is 1. The van der Waals surface area contributed by atoms with Crippen molar-refractivity contribution in [3.63, 3.8) is 0 Å². The van der Waals surface area contributed by atoms with Gasteiger partial charge in [-0.1, -0.05) is 24.3 Å². The van der Waals surface area contributed by atoms with Crippen LogP contribution in [-0.2, 0) is 0 Å². The number of nitro groups is 1. The predicted octanol–water partition coefficient (Wildman–Crippen LogP) is 4.61. The number of benzene rings is 3. The number of amides is 1. The molecule has 1 unspecified atom stereocenters. The molecular weight excluding hydrogens is 394 g/mol. The maximum absolute atomic E-state index is 13.9. The van der Waals surface area contributed by atoms with E-state index in [0.29, 0.717) is 11.8 Å². The monoisotopic (exact) mass is 408 g/mol. The minimum Gasteiger partial charge on any atom is -0.350 e. The van der Waals surface area contributed by atoms with Crippen molar-refractivity contribution in [1.82, 2.24) is 5.32 Å². The number of anilines is 2. The van der Waals surface area contributed by atoms with Gasteiger partial charge in [-0.15, -0.1) is 0 Å². The van der Waals surface area contributed by atoms with E-state index in [0.717, 1.165) is 18.2 Å². The molecule has 9 heteroatoms. The molecule has 0 bridgehead atoms. The summed E-state index contributed by atoms with van der Waals surface area (Å²) in [5.74, 6) is -2.63. The number of halogens is 2. The van der Waals surface area contributed by atoms with Gasteiger partial charge in [-0.2, -0.15) is 5.26 Å². The normalized spacial score (nSPS) is 11.2. The highest BCUT2D eigenvalue weighted by Crippen LogP contribution is 2.29. The van der Waals surface area contributed by atoms with Crippen LogP contribution in [-0.4, -0.2) is 10.8 Å². The van der Waals surface area contributed by atoms with Crippen LogP contribution in [0.1, 0.15) is 22.0 Å². The van der Waals surface area contributed by atoms with E-state index in [-0.39, 0.29) is 22.5 Å². The Morgan fingerprint density at radius 2 is 1.80 bits per heavy atom. The number of nitrogens with zero attached hydrogens (tertiary/aromatic N) is 2. The van der Waals surface area contributed by atoms with Crippen molar-refractivity contribution in [2.45, 2.75) is 6.04 Å². The topological polar surface area (TPSA) is 108 Å². The van der Waals surface area contributed by atoms with E-state index in [1.165, 1.54) is 12.1 Å². The maximum atomic E-state index is 13.9. The van der Waals surface area contributed by atoms with E-state index in [1.54, 1.807) is 36.4 Å². The molecule has 30 heavy (non-hydrogen) atoms. The fourth-order valence-corrected chi connectivity index (χ4v) is 2.74. The van der Waals surface area contributed by atoms with Crippen LogP contribution in [0.15, 0.2) is 66.7 Å². The van der Waals surface area contributed by atoms with Crippen molar-refractivity contribution in [2.24, 2.45) is 0 Å². The van der Waals surface area contributed by atoms with Gasteiger partial charge in [0.1, 0.15) is 23.4 Å². The zero-order valence-electron chi connectivity index (χ0n) is 15.3. The first-order valence-corrected chi connectivity index (χ1v) is 8.65. The van der Waals surface area contributed by atoms with Crippen molar-refractivity contribution >= 4 is 23.0 Å². The van der Waals surface area contributed by atoms with E-state index in [1.807, 2.05) is 0 Å². The number of carbonyl (C=O) groups excluding carboxylic acids is 1. The lowest BCUT2D eigenvalue weighted by atomic mass is 10.1. The van der Waals surface area contributed by atoms with Crippen molar-refractivity contribution in [2.75, 3.05) is 5.32 Å². The molecule has 3 aromatic carbocycles. The molecule has 0 aliphatic heterocycles. The fourth-order valence-electron chi connectivity index (χ4n) is 2.74. The first-order chi connectivity index (χ1) is 14.4. The molecule has 3 aromatic rings. The van der Waals surface area contributed by atoms with Crippen LogP contribution in [0.3, 0.4) is 0 Å². The smallest absolute Gasteiger partial charge is 0.293 e. The van der Waals surface area contributed by atoms with Crippen molar-refractivity contribution in [3.05, 3.63) is 99.6 Å². The highest BCUT2D eigenvalue weighted by atomic mass is 19.1. The zero-order valence-corrected chi connectivity index (χ0v) is 15.3. The van der Waals surface area contributed by atoms with E-state index < -0.39 is 28.5 Å². The number of nitro benzene ring substituents is 1. The van der Waals surface area contributed by atoms with E-state index in [2.05, 4.69) is 10.6 Å². The summed E-state index contributed by atoms with van der Waals surface area (Å²) in [6.45, 7) is 0. The molecule has 0 saturated carbocycles. The summed E-state index contributed by atoms with van der Waals surface area (Å²) in [6, 6.07) is 15.4. The minimum atomic E-state index is -1.40. The number of hydrogen-bond donors (Lipinski definition) is 2. The number of nitriles is 1. The quantitative estimate of drug-likeness (QED) is 0.457. The zero-order chi connectivity index (χ0) is 21.7. The van der Waals surface area contributed by atoms with Crippen molar-refractivity contribution in [3.8, 4) is 6.07 Å². The molecule has 7 nitrogen and oxygen atoms in total. The van der Waals surface area contributed by atoms with Crippen LogP contribution in [0.4, 0.5) is 25.8 Å². The fraction of sp³-hybridized carbons (Fsp3) is 0.0476. The van der Waals surface area contributed by atoms with Crippen LogP contribution < -0.4 is 10.6 Å². The van der Waals surface area contributed by atoms with Gasteiger partial charge in [-0.25, -0.2) is 8.78 Å². The molecule has 1 amide bonds. The lowest BCUT2D eigenvalue weighted by Gasteiger charge is -2.13. The number of rotatable bonds is 6. The van der Waals surface area contributed by atoms with E-state index >= 15 is 0 Å². The summed E-state index contributed by atoms with van der Waals surface area (Å²) >= 11 is 0. The Hall–Kier alpha value is -4.32. The van der Waals surface area contributed by atoms with Gasteiger partial charge in [0.15, 0.2) is 0 Å². The van der Waals surface area contributed by atoms with Gasteiger partial charge in [0.2, 0.25) is 0 Å². The molecule has 150 valence electrons. The third-order valence-electron chi connectivity index (χ3n) is 4.19. The third kappa shape index (κ3) is 4.56. The third-order valence-corrected chi connectivity index (χ3v) is 4.19. The molecule has 0 spiro atoms. The number of carbonyl (C=O) groups is 1. The van der Waals surface area contributed by atoms with E-state index in [9.17, 15) is 29.0 Å². The average Bonchev–Trinajstić information content (AvgIpc) is 2.73. The highest BCUT2D eigenvalue weighted by Gasteiger charge is 2.22. The van der Waals surface area contributed by atoms with Gasteiger partial charge in [0.05, 0.1) is 11.0 Å². The second-order valence-corrected chi connectivity index (χ2v) is 6.18. The summed E-state index contributed by atoms with van der Waals surface area (Å²) in [5.41, 5.74) is 0.124. The molecule has 0 saturated heterocycles. The SMILES string of the molecule is N#CC(NC(=O)c1ccc(Nc2ccccc2)c([N+](=O)[O-])c1)c1ccc(F)cc1F. The van der Waals surface area contributed by atoms with Crippen LogP contribution in [0.5, 0.6) is 0 Å². The molecule has 1 atom stereocenters. The van der Waals surface area contributed by atoms with Crippen molar-refractivity contribution in [1.29, 1.82) is 5.26 Å². The maximum Gasteiger partial charge on any atom is 0.293 e. The molecule has 0 aliphatic rings. The summed E-state index contributed by atoms with van der Waals surface area (Å²) in [5, 5.41) is 25.9. The molecule has 3 rings (SSSR count). The Kier molecular flexibility index (Phi) is 5.98. The number of hydrogen-bond acceptors (Lipinski definition) is 5. The molecular formula is C21H14F2N4O3. The lowest BCUT2D eigenvalue weighted by molar-refractivity contribution is -0.383. The van der Waals surface area contributed by atoms with Gasteiger partial charge < -0.3 is 10.6 Å². The van der Waals surface area contributed by atoms with Crippen LogP contribution >= 0.6 is 0 Å². The lowest BCUT2D eigenvalue weighted by Crippen LogP contribution is -2.28. The molecule has 0 aromatic heterocycles. The van der Waals surface area contributed by atoms with E-state index in [4.69, 9.17) is 0 Å². The van der Waals surface area contributed by atoms with Crippen molar-refractivity contribution < 1.29 is 18.5 Å². The second kappa shape index (κ2) is 8.79. The first kappa shape index (κ1) is 20.4. The molecule has 0 heterocycles. The molecule has 0 aliphatic carbocycles. The standard InChI is InChI=1S/C21H14F2N4O3/c22-14-7-8-16(17(23)11-14)19(12-24)26-21(28)13-6-9-18(20(10-13)27(29)30)25-15-4-2-1-3-5-15/h1-11,19,25H,(H,26,28). The number of nitrogens with one attached hydrogen (secondary N) is 2. The summed E-state index contributed by atoms with van der Waals surface area (Å²) < 4.78 is 27.0. The molecule has 0 radical (unpaired) electrons.